The Bertz CT molecular complexity index is 610. The van der Waals surface area contributed by atoms with Gasteiger partial charge in [-0.3, -0.25) is 9.59 Å². The monoisotopic (exact) mass is 350 g/mol. The lowest BCUT2D eigenvalue weighted by Crippen LogP contribution is -2.47. The van der Waals surface area contributed by atoms with Gasteiger partial charge >= 0.3 is 0 Å². The van der Waals surface area contributed by atoms with Gasteiger partial charge in [0.25, 0.3) is 0 Å². The number of hydrogen-bond acceptors (Lipinski definition) is 2. The average Bonchev–Trinajstić information content (AvgIpc) is 2.55. The molecule has 0 unspecified atom stereocenters. The first-order chi connectivity index (χ1) is 12.0. The minimum atomic E-state index is -0.940. The first kappa shape index (κ1) is 20.5. The van der Waals surface area contributed by atoms with E-state index >= 15 is 0 Å². The smallest absolute Gasteiger partial charge is 0.244 e. The third kappa shape index (κ3) is 8.24. The Morgan fingerprint density at radius 3 is 2.52 bits per heavy atom. The highest BCUT2D eigenvalue weighted by Crippen LogP contribution is 2.10. The third-order valence-corrected chi connectivity index (χ3v) is 3.41. The highest BCUT2D eigenvalue weighted by atomic mass is 19.1. The number of carbonyl (C=O) groups is 2. The van der Waals surface area contributed by atoms with Crippen LogP contribution in [-0.4, -0.2) is 24.4 Å². The second-order valence-electron chi connectivity index (χ2n) is 5.62. The molecule has 0 saturated heterocycles. The van der Waals surface area contributed by atoms with E-state index in [1.165, 1.54) is 12.2 Å². The molecular weight excluding hydrogens is 326 g/mol. The van der Waals surface area contributed by atoms with Crippen LogP contribution in [0, 0.1) is 11.6 Å². The van der Waals surface area contributed by atoms with Gasteiger partial charge in [-0.05, 0) is 30.2 Å². The van der Waals surface area contributed by atoms with Crippen molar-refractivity contribution in [1.29, 1.82) is 0 Å². The molecule has 0 spiro atoms. The summed E-state index contributed by atoms with van der Waals surface area (Å²) in [7, 11) is 0. The van der Waals surface area contributed by atoms with Crippen LogP contribution < -0.4 is 10.6 Å². The molecule has 2 amide bonds. The SMILES string of the molecule is C=CCNC(=O)[C@H](Cc1cc(F)cc(F)c1)NC(=O)/C=C/CCCC. The van der Waals surface area contributed by atoms with Gasteiger partial charge in [-0.2, -0.15) is 0 Å². The molecule has 0 fully saturated rings. The molecule has 4 nitrogen and oxygen atoms in total. The van der Waals surface area contributed by atoms with E-state index in [-0.39, 0.29) is 18.5 Å². The van der Waals surface area contributed by atoms with Gasteiger partial charge in [0.05, 0.1) is 0 Å². The van der Waals surface area contributed by atoms with Gasteiger partial charge in [0, 0.05) is 19.0 Å². The fraction of sp³-hybridized carbons (Fsp3) is 0.368. The quantitative estimate of drug-likeness (QED) is 0.387. The van der Waals surface area contributed by atoms with Crippen LogP contribution >= 0.6 is 0 Å². The van der Waals surface area contributed by atoms with Crippen LogP contribution in [0.1, 0.15) is 31.7 Å². The lowest BCUT2D eigenvalue weighted by molar-refractivity contribution is -0.126. The fourth-order valence-electron chi connectivity index (χ4n) is 2.20. The van der Waals surface area contributed by atoms with Crippen LogP contribution in [-0.2, 0) is 16.0 Å². The van der Waals surface area contributed by atoms with Crippen LogP contribution in [0.25, 0.3) is 0 Å². The Labute approximate surface area is 147 Å². The van der Waals surface area contributed by atoms with Crippen LogP contribution in [0.4, 0.5) is 8.78 Å². The second kappa shape index (κ2) is 11.1. The topological polar surface area (TPSA) is 58.2 Å². The minimum Gasteiger partial charge on any atom is -0.351 e. The van der Waals surface area contributed by atoms with Crippen LogP contribution in [0.5, 0.6) is 0 Å². The van der Waals surface area contributed by atoms with Crippen molar-refractivity contribution in [1.82, 2.24) is 10.6 Å². The summed E-state index contributed by atoms with van der Waals surface area (Å²) in [5.41, 5.74) is 0.284. The molecule has 2 N–H and O–H groups in total. The number of hydrogen-bond donors (Lipinski definition) is 2. The molecular formula is C19H24F2N2O2. The summed E-state index contributed by atoms with van der Waals surface area (Å²) in [5.74, 6) is -2.33. The van der Waals surface area contributed by atoms with Crippen molar-refractivity contribution in [3.63, 3.8) is 0 Å². The lowest BCUT2D eigenvalue weighted by Gasteiger charge is -2.17. The first-order valence-corrected chi connectivity index (χ1v) is 8.26. The van der Waals surface area contributed by atoms with Gasteiger partial charge in [-0.1, -0.05) is 31.9 Å². The van der Waals surface area contributed by atoms with E-state index in [2.05, 4.69) is 17.2 Å². The molecule has 0 aliphatic carbocycles. The molecule has 0 aliphatic rings. The van der Waals surface area contributed by atoms with Crippen molar-refractivity contribution in [2.45, 2.75) is 38.6 Å². The maximum absolute atomic E-state index is 13.3. The van der Waals surface area contributed by atoms with E-state index in [9.17, 15) is 18.4 Å². The van der Waals surface area contributed by atoms with Crippen molar-refractivity contribution in [3.8, 4) is 0 Å². The summed E-state index contributed by atoms with van der Waals surface area (Å²) >= 11 is 0. The number of carbonyl (C=O) groups excluding carboxylic acids is 2. The Hall–Kier alpha value is -2.50. The van der Waals surface area contributed by atoms with E-state index in [0.717, 1.165) is 37.5 Å². The number of halogens is 2. The van der Waals surface area contributed by atoms with Gasteiger partial charge in [-0.15, -0.1) is 6.58 Å². The molecule has 1 aromatic carbocycles. The van der Waals surface area contributed by atoms with Gasteiger partial charge < -0.3 is 10.6 Å². The molecule has 1 aromatic rings. The van der Waals surface area contributed by atoms with Gasteiger partial charge in [0.15, 0.2) is 0 Å². The van der Waals surface area contributed by atoms with Crippen molar-refractivity contribution >= 4 is 11.8 Å². The Morgan fingerprint density at radius 2 is 1.92 bits per heavy atom. The zero-order valence-electron chi connectivity index (χ0n) is 14.4. The molecule has 0 aromatic heterocycles. The Balaban J connectivity index is 2.81. The normalized spacial score (nSPS) is 12.0. The summed E-state index contributed by atoms with van der Waals surface area (Å²) in [6.45, 7) is 5.78. The molecule has 6 heteroatoms. The molecule has 0 aliphatic heterocycles. The maximum atomic E-state index is 13.3. The lowest BCUT2D eigenvalue weighted by atomic mass is 10.0. The standard InChI is InChI=1S/C19H24F2N2O2/c1-3-5-6-7-8-18(24)23-17(19(25)22-9-4-2)12-14-10-15(20)13-16(21)11-14/h4,7-8,10-11,13,17H,2-3,5-6,9,12H2,1H3,(H,22,25)(H,23,24)/b8-7+/t17-/m0/s1. The molecule has 1 atom stereocenters. The van der Waals surface area contributed by atoms with Crippen molar-refractivity contribution in [2.24, 2.45) is 0 Å². The van der Waals surface area contributed by atoms with Crippen molar-refractivity contribution < 1.29 is 18.4 Å². The zero-order chi connectivity index (χ0) is 18.7. The van der Waals surface area contributed by atoms with Crippen LogP contribution in [0.15, 0.2) is 43.0 Å². The number of rotatable bonds is 10. The summed E-state index contributed by atoms with van der Waals surface area (Å²) in [6, 6.07) is 2.09. The highest BCUT2D eigenvalue weighted by molar-refractivity contribution is 5.93. The molecule has 0 bridgehead atoms. The second-order valence-corrected chi connectivity index (χ2v) is 5.62. The Morgan fingerprint density at radius 1 is 1.24 bits per heavy atom. The molecule has 0 heterocycles. The summed E-state index contributed by atoms with van der Waals surface area (Å²) in [4.78, 5) is 24.2. The van der Waals surface area contributed by atoms with Crippen molar-refractivity contribution in [2.75, 3.05) is 6.54 Å². The minimum absolute atomic E-state index is 0.0216. The number of unbranched alkanes of at least 4 members (excludes halogenated alkanes) is 2. The zero-order valence-corrected chi connectivity index (χ0v) is 14.4. The van der Waals surface area contributed by atoms with Crippen LogP contribution in [0.3, 0.4) is 0 Å². The van der Waals surface area contributed by atoms with Crippen LogP contribution in [0.2, 0.25) is 0 Å². The summed E-state index contributed by atoms with van der Waals surface area (Å²) in [5, 5.41) is 5.15. The van der Waals surface area contributed by atoms with E-state index in [0.29, 0.717) is 0 Å². The number of benzene rings is 1. The van der Waals surface area contributed by atoms with E-state index in [4.69, 9.17) is 0 Å². The van der Waals surface area contributed by atoms with Gasteiger partial charge in [-0.25, -0.2) is 8.78 Å². The molecule has 136 valence electrons. The number of amides is 2. The average molecular weight is 350 g/mol. The van der Waals surface area contributed by atoms with E-state index < -0.39 is 29.5 Å². The molecule has 25 heavy (non-hydrogen) atoms. The predicted molar refractivity (Wildman–Crippen MR) is 93.9 cm³/mol. The molecule has 0 saturated carbocycles. The summed E-state index contributed by atoms with van der Waals surface area (Å²) < 4.78 is 26.7. The van der Waals surface area contributed by atoms with E-state index in [1.807, 2.05) is 6.92 Å². The largest absolute Gasteiger partial charge is 0.351 e. The first-order valence-electron chi connectivity index (χ1n) is 8.26. The summed E-state index contributed by atoms with van der Waals surface area (Å²) in [6.07, 6.45) is 7.34. The molecule has 1 rings (SSSR count). The van der Waals surface area contributed by atoms with E-state index in [1.54, 1.807) is 6.08 Å². The number of nitrogens with one attached hydrogen (secondary N) is 2. The van der Waals surface area contributed by atoms with Gasteiger partial charge in [0.2, 0.25) is 11.8 Å². The highest BCUT2D eigenvalue weighted by Gasteiger charge is 2.20. The Kier molecular flexibility index (Phi) is 9.14. The number of allylic oxidation sites excluding steroid dienone is 1. The predicted octanol–water partition coefficient (Wildman–Crippen LogP) is 3.04. The third-order valence-electron chi connectivity index (χ3n) is 3.41. The van der Waals surface area contributed by atoms with Crippen molar-refractivity contribution in [3.05, 3.63) is 60.2 Å². The van der Waals surface area contributed by atoms with Gasteiger partial charge in [0.1, 0.15) is 17.7 Å². The fourth-order valence-corrected chi connectivity index (χ4v) is 2.20. The molecule has 0 radical (unpaired) electrons. The maximum Gasteiger partial charge on any atom is 0.244 e.